The quantitative estimate of drug-likeness (QED) is 0.628. The fourth-order valence-electron chi connectivity index (χ4n) is 1.29. The van der Waals surface area contributed by atoms with Gasteiger partial charge in [-0.2, -0.15) is 5.10 Å². The molecule has 0 bridgehead atoms. The minimum Gasteiger partial charge on any atom is -0.449 e. The SMILES string of the molecule is CCOC(=O)N/N=C\c1ccc(C)cc1C. The van der Waals surface area contributed by atoms with Crippen molar-refractivity contribution < 1.29 is 9.53 Å². The van der Waals surface area contributed by atoms with Gasteiger partial charge in [-0.05, 0) is 31.9 Å². The van der Waals surface area contributed by atoms with Crippen molar-refractivity contribution in [3.63, 3.8) is 0 Å². The predicted octanol–water partition coefficient (Wildman–Crippen LogP) is 2.38. The lowest BCUT2D eigenvalue weighted by atomic mass is 10.1. The highest BCUT2D eigenvalue weighted by Crippen LogP contribution is 2.07. The van der Waals surface area contributed by atoms with Gasteiger partial charge < -0.3 is 4.74 Å². The highest BCUT2D eigenvalue weighted by atomic mass is 16.5. The van der Waals surface area contributed by atoms with E-state index in [-0.39, 0.29) is 0 Å². The summed E-state index contributed by atoms with van der Waals surface area (Å²) in [5, 5.41) is 3.80. The molecule has 0 aliphatic carbocycles. The molecule has 0 saturated carbocycles. The van der Waals surface area contributed by atoms with Crippen molar-refractivity contribution in [3.8, 4) is 0 Å². The lowest BCUT2D eigenvalue weighted by Crippen LogP contribution is -2.18. The van der Waals surface area contributed by atoms with E-state index < -0.39 is 6.09 Å². The Morgan fingerprint density at radius 2 is 2.25 bits per heavy atom. The molecule has 1 aromatic carbocycles. The molecular weight excluding hydrogens is 204 g/mol. The summed E-state index contributed by atoms with van der Waals surface area (Å²) in [7, 11) is 0. The van der Waals surface area contributed by atoms with Gasteiger partial charge in [0.25, 0.3) is 0 Å². The maximum absolute atomic E-state index is 10.9. The molecule has 4 heteroatoms. The zero-order valence-electron chi connectivity index (χ0n) is 9.78. The largest absolute Gasteiger partial charge is 0.449 e. The zero-order valence-corrected chi connectivity index (χ0v) is 9.78. The second-order valence-electron chi connectivity index (χ2n) is 3.45. The predicted molar refractivity (Wildman–Crippen MR) is 63.7 cm³/mol. The molecule has 0 unspecified atom stereocenters. The van der Waals surface area contributed by atoms with Crippen LogP contribution in [0.2, 0.25) is 0 Å². The molecule has 1 amide bonds. The van der Waals surface area contributed by atoms with Crippen molar-refractivity contribution in [1.29, 1.82) is 0 Å². The van der Waals surface area contributed by atoms with Crippen LogP contribution in [0.25, 0.3) is 0 Å². The minimum absolute atomic E-state index is 0.338. The minimum atomic E-state index is -0.538. The number of nitrogens with zero attached hydrogens (tertiary/aromatic N) is 1. The molecule has 1 rings (SSSR count). The third-order valence-electron chi connectivity index (χ3n) is 2.06. The lowest BCUT2D eigenvalue weighted by Gasteiger charge is -2.01. The topological polar surface area (TPSA) is 50.7 Å². The van der Waals surface area contributed by atoms with Crippen LogP contribution in [0.4, 0.5) is 4.79 Å². The number of aryl methyl sites for hydroxylation is 2. The van der Waals surface area contributed by atoms with E-state index in [4.69, 9.17) is 0 Å². The highest BCUT2D eigenvalue weighted by molar-refractivity contribution is 5.82. The van der Waals surface area contributed by atoms with Gasteiger partial charge in [0.2, 0.25) is 0 Å². The van der Waals surface area contributed by atoms with E-state index in [9.17, 15) is 4.79 Å². The summed E-state index contributed by atoms with van der Waals surface area (Å²) in [4.78, 5) is 10.9. The molecule has 0 spiro atoms. The third kappa shape index (κ3) is 3.73. The number of carbonyl (C=O) groups is 1. The van der Waals surface area contributed by atoms with Crippen LogP contribution < -0.4 is 5.43 Å². The van der Waals surface area contributed by atoms with Crippen molar-refractivity contribution in [3.05, 3.63) is 34.9 Å². The van der Waals surface area contributed by atoms with Crippen molar-refractivity contribution in [2.24, 2.45) is 5.10 Å². The maximum atomic E-state index is 10.9. The van der Waals surface area contributed by atoms with Gasteiger partial charge in [-0.15, -0.1) is 0 Å². The molecule has 0 fully saturated rings. The number of benzene rings is 1. The first-order chi connectivity index (χ1) is 7.63. The second-order valence-corrected chi connectivity index (χ2v) is 3.45. The lowest BCUT2D eigenvalue weighted by molar-refractivity contribution is 0.152. The number of amides is 1. The van der Waals surface area contributed by atoms with Gasteiger partial charge in [0.05, 0.1) is 12.8 Å². The van der Waals surface area contributed by atoms with Crippen molar-refractivity contribution in [2.75, 3.05) is 6.61 Å². The van der Waals surface area contributed by atoms with Crippen LogP contribution >= 0.6 is 0 Å². The fourth-order valence-corrected chi connectivity index (χ4v) is 1.29. The fraction of sp³-hybridized carbons (Fsp3) is 0.333. The Hall–Kier alpha value is -1.84. The Kier molecular flexibility index (Phi) is 4.51. The average Bonchev–Trinajstić information content (AvgIpc) is 2.22. The summed E-state index contributed by atoms with van der Waals surface area (Å²) in [6, 6.07) is 6.02. The summed E-state index contributed by atoms with van der Waals surface area (Å²) in [6.45, 7) is 6.11. The van der Waals surface area contributed by atoms with Gasteiger partial charge in [-0.25, -0.2) is 10.2 Å². The van der Waals surface area contributed by atoms with E-state index in [0.29, 0.717) is 6.61 Å². The number of hydrazone groups is 1. The van der Waals surface area contributed by atoms with Crippen LogP contribution in [-0.4, -0.2) is 18.9 Å². The standard InChI is InChI=1S/C12H16N2O2/c1-4-16-12(15)14-13-8-11-6-5-9(2)7-10(11)3/h5-8H,4H2,1-3H3,(H,14,15)/b13-8-. The van der Waals surface area contributed by atoms with Crippen molar-refractivity contribution >= 4 is 12.3 Å². The van der Waals surface area contributed by atoms with Crippen LogP contribution in [0, 0.1) is 13.8 Å². The van der Waals surface area contributed by atoms with Crippen LogP contribution in [0.1, 0.15) is 23.6 Å². The van der Waals surface area contributed by atoms with Crippen molar-refractivity contribution in [2.45, 2.75) is 20.8 Å². The number of hydrogen-bond donors (Lipinski definition) is 1. The summed E-state index contributed by atoms with van der Waals surface area (Å²) in [5.74, 6) is 0. The molecule has 0 radical (unpaired) electrons. The van der Waals surface area contributed by atoms with Gasteiger partial charge in [-0.3, -0.25) is 0 Å². The highest BCUT2D eigenvalue weighted by Gasteiger charge is 1.97. The monoisotopic (exact) mass is 220 g/mol. The maximum Gasteiger partial charge on any atom is 0.427 e. The molecule has 86 valence electrons. The third-order valence-corrected chi connectivity index (χ3v) is 2.06. The Balaban J connectivity index is 2.59. The van der Waals surface area contributed by atoms with Crippen LogP contribution in [0.15, 0.2) is 23.3 Å². The van der Waals surface area contributed by atoms with E-state index in [1.165, 1.54) is 5.56 Å². The number of rotatable bonds is 3. The second kappa shape index (κ2) is 5.90. The summed E-state index contributed by atoms with van der Waals surface area (Å²) < 4.78 is 4.67. The first kappa shape index (κ1) is 12.2. The molecule has 0 aliphatic rings. The molecule has 1 aromatic rings. The van der Waals surface area contributed by atoms with Crippen LogP contribution in [0.5, 0.6) is 0 Å². The smallest absolute Gasteiger partial charge is 0.427 e. The number of nitrogens with one attached hydrogen (secondary N) is 1. The van der Waals surface area contributed by atoms with Gasteiger partial charge in [0.15, 0.2) is 0 Å². The molecule has 0 aromatic heterocycles. The normalized spacial score (nSPS) is 10.4. The molecule has 0 atom stereocenters. The van der Waals surface area contributed by atoms with Crippen molar-refractivity contribution in [1.82, 2.24) is 5.43 Å². The molecule has 16 heavy (non-hydrogen) atoms. The van der Waals surface area contributed by atoms with Crippen LogP contribution in [0.3, 0.4) is 0 Å². The number of hydrogen-bond acceptors (Lipinski definition) is 3. The molecule has 0 saturated heterocycles. The van der Waals surface area contributed by atoms with Gasteiger partial charge in [0, 0.05) is 0 Å². The van der Waals surface area contributed by atoms with Crippen LogP contribution in [-0.2, 0) is 4.74 Å². The summed E-state index contributed by atoms with van der Waals surface area (Å²) in [5.41, 5.74) is 5.58. The number of carbonyl (C=O) groups excluding carboxylic acids is 1. The summed E-state index contributed by atoms with van der Waals surface area (Å²) in [6.07, 6.45) is 1.06. The first-order valence-electron chi connectivity index (χ1n) is 5.16. The Bertz CT molecular complexity index is 400. The first-order valence-corrected chi connectivity index (χ1v) is 5.16. The Morgan fingerprint density at radius 3 is 2.88 bits per heavy atom. The molecule has 0 heterocycles. The molecular formula is C12H16N2O2. The van der Waals surface area contributed by atoms with E-state index in [1.54, 1.807) is 13.1 Å². The van der Waals surface area contributed by atoms with E-state index in [0.717, 1.165) is 11.1 Å². The Morgan fingerprint density at radius 1 is 1.50 bits per heavy atom. The van der Waals surface area contributed by atoms with Gasteiger partial charge >= 0.3 is 6.09 Å². The molecule has 1 N–H and O–H groups in total. The summed E-state index contributed by atoms with van der Waals surface area (Å²) >= 11 is 0. The average molecular weight is 220 g/mol. The van der Waals surface area contributed by atoms with Gasteiger partial charge in [0.1, 0.15) is 0 Å². The van der Waals surface area contributed by atoms with E-state index >= 15 is 0 Å². The van der Waals surface area contributed by atoms with E-state index in [1.807, 2.05) is 26.0 Å². The van der Waals surface area contributed by atoms with Gasteiger partial charge in [-0.1, -0.05) is 23.8 Å². The zero-order chi connectivity index (χ0) is 12.0. The molecule has 4 nitrogen and oxygen atoms in total. The van der Waals surface area contributed by atoms with E-state index in [2.05, 4.69) is 21.3 Å². The number of ether oxygens (including phenoxy) is 1. The Labute approximate surface area is 95.3 Å². The molecule has 0 aliphatic heterocycles.